The number of aromatic nitrogens is 2. The first kappa shape index (κ1) is 21.6. The van der Waals surface area contributed by atoms with Crippen LogP contribution in [0.1, 0.15) is 49.7 Å². The molecular formula is C23H22N4O4S. The number of benzene rings is 2. The molecule has 0 radical (unpaired) electrons. The molecule has 0 spiro atoms. The number of nitrogens with zero attached hydrogens (tertiary/aromatic N) is 3. The number of nitrogens with one attached hydrogen (secondary N) is 1. The van der Waals surface area contributed by atoms with Gasteiger partial charge in [0.1, 0.15) is 10.8 Å². The van der Waals surface area contributed by atoms with E-state index in [0.717, 1.165) is 33.1 Å². The Labute approximate surface area is 189 Å². The predicted molar refractivity (Wildman–Crippen MR) is 120 cm³/mol. The summed E-state index contributed by atoms with van der Waals surface area (Å²) in [4.78, 5) is 38.3. The zero-order valence-electron chi connectivity index (χ0n) is 17.8. The topological polar surface area (TPSA) is 101 Å². The second-order valence-corrected chi connectivity index (χ2v) is 8.53. The Bertz CT molecular complexity index is 1130. The number of hydrogen-bond donors (Lipinski definition) is 1. The molecule has 2 heterocycles. The van der Waals surface area contributed by atoms with Crippen molar-refractivity contribution in [3.63, 3.8) is 0 Å². The summed E-state index contributed by atoms with van der Waals surface area (Å²) in [7, 11) is 0. The van der Waals surface area contributed by atoms with Gasteiger partial charge < -0.3 is 10.1 Å². The van der Waals surface area contributed by atoms with Crippen molar-refractivity contribution in [1.82, 2.24) is 15.1 Å². The normalized spacial score (nSPS) is 12.8. The van der Waals surface area contributed by atoms with Gasteiger partial charge in [-0.25, -0.2) is 0 Å². The summed E-state index contributed by atoms with van der Waals surface area (Å²) in [5.74, 6) is -0.0427. The zero-order valence-corrected chi connectivity index (χ0v) is 18.6. The van der Waals surface area contributed by atoms with E-state index < -0.39 is 0 Å². The summed E-state index contributed by atoms with van der Waals surface area (Å²) in [6.45, 7) is 4.43. The van der Waals surface area contributed by atoms with Crippen LogP contribution in [-0.4, -0.2) is 39.4 Å². The second kappa shape index (κ2) is 9.27. The lowest BCUT2D eigenvalue weighted by Crippen LogP contribution is -2.29. The van der Waals surface area contributed by atoms with Crippen LogP contribution >= 0.6 is 11.3 Å². The van der Waals surface area contributed by atoms with Crippen molar-refractivity contribution in [1.29, 1.82) is 0 Å². The molecule has 1 N–H and O–H groups in total. The smallest absolute Gasteiger partial charge is 0.261 e. The molecule has 164 valence electrons. The number of aryl methyl sites for hydroxylation is 2. The van der Waals surface area contributed by atoms with Crippen molar-refractivity contribution in [3.8, 4) is 5.75 Å². The molecule has 0 atom stereocenters. The van der Waals surface area contributed by atoms with Gasteiger partial charge >= 0.3 is 0 Å². The molecule has 0 fully saturated rings. The van der Waals surface area contributed by atoms with Gasteiger partial charge in [-0.15, -0.1) is 10.2 Å². The number of rotatable bonds is 8. The third-order valence-electron chi connectivity index (χ3n) is 5.09. The van der Waals surface area contributed by atoms with Gasteiger partial charge in [0.25, 0.3) is 11.8 Å². The molecule has 32 heavy (non-hydrogen) atoms. The van der Waals surface area contributed by atoms with Crippen molar-refractivity contribution < 1.29 is 19.1 Å². The number of amides is 3. The summed E-state index contributed by atoms with van der Waals surface area (Å²) in [5, 5.41) is 11.5. The molecule has 1 aromatic heterocycles. The molecule has 0 unspecified atom stereocenters. The van der Waals surface area contributed by atoms with Gasteiger partial charge in [0.2, 0.25) is 11.0 Å². The summed E-state index contributed by atoms with van der Waals surface area (Å²) in [5.41, 5.74) is 2.90. The van der Waals surface area contributed by atoms with Crippen molar-refractivity contribution in [2.75, 3.05) is 11.9 Å². The average Bonchev–Trinajstić information content (AvgIpc) is 3.31. The highest BCUT2D eigenvalue weighted by molar-refractivity contribution is 7.15. The van der Waals surface area contributed by atoms with E-state index in [1.165, 1.54) is 0 Å². The Morgan fingerprint density at radius 1 is 1.00 bits per heavy atom. The summed E-state index contributed by atoms with van der Waals surface area (Å²) < 4.78 is 5.82. The molecule has 0 aliphatic carbocycles. The molecular weight excluding hydrogens is 428 g/mol. The minimum absolute atomic E-state index is 0.0174. The molecule has 8 nitrogen and oxygen atoms in total. The highest BCUT2D eigenvalue weighted by Crippen LogP contribution is 2.26. The minimum Gasteiger partial charge on any atom is -0.493 e. The third kappa shape index (κ3) is 4.52. The molecule has 0 bridgehead atoms. The quantitative estimate of drug-likeness (QED) is 0.414. The first-order valence-corrected chi connectivity index (χ1v) is 11.0. The Hall–Kier alpha value is -3.59. The van der Waals surface area contributed by atoms with Crippen LogP contribution in [0.15, 0.2) is 42.5 Å². The summed E-state index contributed by atoms with van der Waals surface area (Å²) in [6.07, 6.45) is 0.832. The fourth-order valence-electron chi connectivity index (χ4n) is 3.50. The minimum atomic E-state index is -0.352. The molecule has 3 aromatic rings. The van der Waals surface area contributed by atoms with E-state index in [2.05, 4.69) is 15.5 Å². The Balaban J connectivity index is 1.26. The number of anilines is 1. The number of hydrogen-bond acceptors (Lipinski definition) is 7. The number of fused-ring (bicyclic) bond motifs is 1. The predicted octanol–water partition coefficient (Wildman–Crippen LogP) is 3.75. The summed E-state index contributed by atoms with van der Waals surface area (Å²) in [6, 6.07) is 12.7. The third-order valence-corrected chi connectivity index (χ3v) is 5.91. The van der Waals surface area contributed by atoms with Gasteiger partial charge in [-0.05, 0) is 43.5 Å². The monoisotopic (exact) mass is 450 g/mol. The summed E-state index contributed by atoms with van der Waals surface area (Å²) >= 11 is 1.14. The molecule has 3 amide bonds. The fraction of sp³-hybridized carbons (Fsp3) is 0.261. The van der Waals surface area contributed by atoms with Crippen LogP contribution < -0.4 is 10.1 Å². The second-order valence-electron chi connectivity index (χ2n) is 7.46. The van der Waals surface area contributed by atoms with Crippen LogP contribution in [0, 0.1) is 13.8 Å². The van der Waals surface area contributed by atoms with Crippen LogP contribution in [0.2, 0.25) is 0 Å². The maximum absolute atomic E-state index is 12.5. The van der Waals surface area contributed by atoms with Crippen LogP contribution in [0.4, 0.5) is 5.13 Å². The SMILES string of the molecule is Cc1cccc(C)c1OCCCC(=O)Nc1nnc(CN2C(=O)c3ccccc3C2=O)s1. The lowest BCUT2D eigenvalue weighted by Gasteiger charge is -2.11. The lowest BCUT2D eigenvalue weighted by molar-refractivity contribution is -0.116. The number of para-hydroxylation sites is 1. The van der Waals surface area contributed by atoms with Gasteiger partial charge in [-0.2, -0.15) is 0 Å². The van der Waals surface area contributed by atoms with E-state index in [9.17, 15) is 14.4 Å². The van der Waals surface area contributed by atoms with Crippen molar-refractivity contribution in [2.45, 2.75) is 33.2 Å². The molecule has 4 rings (SSSR count). The van der Waals surface area contributed by atoms with Gasteiger partial charge in [0.05, 0.1) is 24.3 Å². The largest absolute Gasteiger partial charge is 0.493 e. The number of ether oxygens (including phenoxy) is 1. The maximum atomic E-state index is 12.5. The van der Waals surface area contributed by atoms with Gasteiger partial charge in [-0.3, -0.25) is 19.3 Å². The molecule has 1 aliphatic rings. The van der Waals surface area contributed by atoms with E-state index >= 15 is 0 Å². The molecule has 0 saturated carbocycles. The average molecular weight is 451 g/mol. The van der Waals surface area contributed by atoms with Gasteiger partial charge in [0, 0.05) is 6.42 Å². The van der Waals surface area contributed by atoms with Crippen LogP contribution in [0.5, 0.6) is 5.75 Å². The molecule has 2 aromatic carbocycles. The standard InChI is InChI=1S/C23H22N4O4S/c1-14-7-5-8-15(2)20(14)31-12-6-11-18(28)24-23-26-25-19(32-23)13-27-21(29)16-9-3-4-10-17(16)22(27)30/h3-5,7-10H,6,11-13H2,1-2H3,(H,24,26,28). The van der Waals surface area contributed by atoms with E-state index in [0.29, 0.717) is 34.3 Å². The number of carbonyl (C=O) groups excluding carboxylic acids is 3. The first-order chi connectivity index (χ1) is 15.4. The molecule has 9 heteroatoms. The fourth-order valence-corrected chi connectivity index (χ4v) is 4.25. The van der Waals surface area contributed by atoms with Gasteiger partial charge in [-0.1, -0.05) is 41.7 Å². The van der Waals surface area contributed by atoms with Crippen molar-refractivity contribution in [3.05, 3.63) is 69.7 Å². The number of carbonyl (C=O) groups is 3. The van der Waals surface area contributed by atoms with E-state index in [4.69, 9.17) is 4.74 Å². The highest BCUT2D eigenvalue weighted by Gasteiger charge is 2.35. The first-order valence-electron chi connectivity index (χ1n) is 10.2. The Kier molecular flexibility index (Phi) is 6.27. The van der Waals surface area contributed by atoms with Gasteiger partial charge in [0.15, 0.2) is 0 Å². The Morgan fingerprint density at radius 2 is 1.66 bits per heavy atom. The number of imide groups is 1. The Morgan fingerprint density at radius 3 is 2.31 bits per heavy atom. The van der Waals surface area contributed by atoms with E-state index in [1.54, 1.807) is 24.3 Å². The molecule has 1 aliphatic heterocycles. The van der Waals surface area contributed by atoms with Crippen LogP contribution in [0.25, 0.3) is 0 Å². The van der Waals surface area contributed by atoms with Crippen LogP contribution in [0.3, 0.4) is 0 Å². The van der Waals surface area contributed by atoms with Crippen molar-refractivity contribution >= 4 is 34.2 Å². The van der Waals surface area contributed by atoms with E-state index in [1.807, 2.05) is 32.0 Å². The zero-order chi connectivity index (χ0) is 22.7. The highest BCUT2D eigenvalue weighted by atomic mass is 32.1. The van der Waals surface area contributed by atoms with Crippen molar-refractivity contribution in [2.24, 2.45) is 0 Å². The lowest BCUT2D eigenvalue weighted by atomic mass is 10.1. The van der Waals surface area contributed by atoms with Crippen LogP contribution in [-0.2, 0) is 11.3 Å². The maximum Gasteiger partial charge on any atom is 0.261 e. The molecule has 0 saturated heterocycles. The van der Waals surface area contributed by atoms with E-state index in [-0.39, 0.29) is 30.7 Å².